The molecule has 5 nitrogen and oxygen atoms in total. The lowest BCUT2D eigenvalue weighted by molar-refractivity contribution is 0.338. The highest BCUT2D eigenvalue weighted by atomic mass is 35.5. The molecule has 1 unspecified atom stereocenters. The number of hydrogen-bond donors (Lipinski definition) is 0. The molecule has 40 heavy (non-hydrogen) atoms. The first-order valence-corrected chi connectivity index (χ1v) is 14.3. The molecule has 1 aromatic heterocycles. The van der Waals surface area contributed by atoms with Crippen molar-refractivity contribution in [2.24, 2.45) is 0 Å². The number of methoxy groups -OCH3 is 2. The Hall–Kier alpha value is -3.30. The molecule has 0 fully saturated rings. The highest BCUT2D eigenvalue weighted by molar-refractivity contribution is 7.98. The van der Waals surface area contributed by atoms with Gasteiger partial charge in [0.05, 0.1) is 31.5 Å². The molecule has 0 radical (unpaired) electrons. The zero-order chi connectivity index (χ0) is 28.2. The van der Waals surface area contributed by atoms with E-state index in [-0.39, 0.29) is 41.3 Å². The Bertz CT molecular complexity index is 1470. The third kappa shape index (κ3) is 5.76. The molecule has 0 N–H and O–H groups in total. The first-order valence-electron chi connectivity index (χ1n) is 12.8. The topological polar surface area (TPSA) is 45.5 Å². The molecule has 210 valence electrons. The summed E-state index contributed by atoms with van der Waals surface area (Å²) in [5.74, 6) is -0.229. The van der Waals surface area contributed by atoms with E-state index < -0.39 is 11.6 Å². The van der Waals surface area contributed by atoms with Crippen molar-refractivity contribution in [1.29, 1.82) is 0 Å². The number of rotatable bonds is 10. The molecule has 4 aromatic rings. The summed E-state index contributed by atoms with van der Waals surface area (Å²) in [6, 6.07) is 14.3. The molecular formula is C30H28ClF3N2O3S. The molecule has 1 aliphatic carbocycles. The fourth-order valence-electron chi connectivity index (χ4n) is 5.03. The number of fused-ring (bicyclic) bond motifs is 1. The van der Waals surface area contributed by atoms with Gasteiger partial charge in [-0.15, -0.1) is 11.6 Å². The van der Waals surface area contributed by atoms with Gasteiger partial charge in [0, 0.05) is 35.1 Å². The Kier molecular flexibility index (Phi) is 8.81. The second kappa shape index (κ2) is 12.5. The summed E-state index contributed by atoms with van der Waals surface area (Å²) >= 11 is 6.84. The lowest BCUT2D eigenvalue weighted by Gasteiger charge is -2.26. The van der Waals surface area contributed by atoms with Crippen molar-refractivity contribution in [3.63, 3.8) is 0 Å². The van der Waals surface area contributed by atoms with E-state index in [0.717, 1.165) is 54.0 Å². The van der Waals surface area contributed by atoms with Crippen LogP contribution in [0.5, 0.6) is 17.2 Å². The largest absolute Gasteiger partial charge is 0.493 e. The van der Waals surface area contributed by atoms with Gasteiger partial charge >= 0.3 is 0 Å². The van der Waals surface area contributed by atoms with E-state index in [0.29, 0.717) is 16.7 Å². The summed E-state index contributed by atoms with van der Waals surface area (Å²) in [7, 11) is 3.19. The second-order valence-electron chi connectivity index (χ2n) is 9.29. The van der Waals surface area contributed by atoms with Gasteiger partial charge in [-0.25, -0.2) is 18.2 Å². The molecule has 0 spiro atoms. The van der Waals surface area contributed by atoms with Crippen LogP contribution in [0.25, 0.3) is 5.69 Å². The third-order valence-corrected chi connectivity index (χ3v) is 8.02. The van der Waals surface area contributed by atoms with Crippen molar-refractivity contribution in [2.75, 3.05) is 26.7 Å². The number of aryl methyl sites for hydroxylation is 1. The Morgan fingerprint density at radius 2 is 1.70 bits per heavy atom. The summed E-state index contributed by atoms with van der Waals surface area (Å²) in [6.45, 7) is 0.149. The molecule has 1 aliphatic rings. The third-order valence-electron chi connectivity index (χ3n) is 6.90. The van der Waals surface area contributed by atoms with Gasteiger partial charge in [-0.05, 0) is 61.2 Å². The van der Waals surface area contributed by atoms with Gasteiger partial charge in [0.15, 0.2) is 16.7 Å². The van der Waals surface area contributed by atoms with E-state index in [1.807, 2.05) is 22.8 Å². The standard InChI is InChI=1S/C30H28ClF3N2O3S/c1-37-27-11-6-18(14-28(27)38-2)22-4-3-5-26-29(22)36(20-9-7-19(32)8-10-20)30(35-26)40-17-23-24(33)15-21(16-25(23)34)39-13-12-31/h6-11,14-16,22H,3-5,12-13,17H2,1-2H3. The number of alkyl halides is 1. The number of halogens is 4. The van der Waals surface area contributed by atoms with Gasteiger partial charge < -0.3 is 14.2 Å². The SMILES string of the molecule is COc1ccc(C2CCCc3nc(SCc4c(F)cc(OCCCl)cc4F)n(-c4ccc(F)cc4)c32)cc1OC. The minimum Gasteiger partial charge on any atom is -0.493 e. The number of thioether (sulfide) groups is 1. The fraction of sp³-hybridized carbons (Fsp3) is 0.300. The quantitative estimate of drug-likeness (QED) is 0.140. The molecule has 0 aliphatic heterocycles. The summed E-state index contributed by atoms with van der Waals surface area (Å²) in [5, 5.41) is 0.574. The minimum absolute atomic E-state index is 0.00552. The Labute approximate surface area is 240 Å². The van der Waals surface area contributed by atoms with Crippen LogP contribution in [0.2, 0.25) is 0 Å². The van der Waals surface area contributed by atoms with E-state index in [9.17, 15) is 13.2 Å². The van der Waals surface area contributed by atoms with Gasteiger partial charge in [-0.2, -0.15) is 0 Å². The van der Waals surface area contributed by atoms with Crippen LogP contribution in [-0.2, 0) is 12.2 Å². The van der Waals surface area contributed by atoms with Crippen LogP contribution < -0.4 is 14.2 Å². The summed E-state index contributed by atoms with van der Waals surface area (Å²) in [4.78, 5) is 4.93. The van der Waals surface area contributed by atoms with Crippen molar-refractivity contribution in [3.05, 3.63) is 94.6 Å². The molecule has 10 heteroatoms. The maximum absolute atomic E-state index is 14.9. The van der Waals surface area contributed by atoms with E-state index in [1.54, 1.807) is 26.4 Å². The maximum Gasteiger partial charge on any atom is 0.173 e. The van der Waals surface area contributed by atoms with E-state index in [2.05, 4.69) is 0 Å². The number of nitrogens with zero attached hydrogens (tertiary/aromatic N) is 2. The van der Waals surface area contributed by atoms with Gasteiger partial charge in [0.2, 0.25) is 0 Å². The number of ether oxygens (including phenoxy) is 3. The van der Waals surface area contributed by atoms with Gasteiger partial charge in [0.25, 0.3) is 0 Å². The summed E-state index contributed by atoms with van der Waals surface area (Å²) < 4.78 is 61.9. The van der Waals surface area contributed by atoms with Crippen LogP contribution in [0, 0.1) is 17.5 Å². The predicted molar refractivity (Wildman–Crippen MR) is 150 cm³/mol. The molecule has 1 heterocycles. The Morgan fingerprint density at radius 1 is 0.975 bits per heavy atom. The van der Waals surface area contributed by atoms with Crippen LogP contribution in [0.4, 0.5) is 13.2 Å². The van der Waals surface area contributed by atoms with Crippen LogP contribution >= 0.6 is 23.4 Å². The van der Waals surface area contributed by atoms with Crippen LogP contribution in [0.3, 0.4) is 0 Å². The predicted octanol–water partition coefficient (Wildman–Crippen LogP) is 7.68. The zero-order valence-electron chi connectivity index (χ0n) is 22.1. The fourth-order valence-corrected chi connectivity index (χ4v) is 6.16. The zero-order valence-corrected chi connectivity index (χ0v) is 23.6. The summed E-state index contributed by atoms with van der Waals surface area (Å²) in [5.41, 5.74) is 3.55. The summed E-state index contributed by atoms with van der Waals surface area (Å²) in [6.07, 6.45) is 2.55. The average Bonchev–Trinajstić information content (AvgIpc) is 3.34. The molecule has 3 aromatic carbocycles. The molecule has 0 bridgehead atoms. The van der Waals surface area contributed by atoms with Crippen molar-refractivity contribution in [3.8, 4) is 22.9 Å². The molecule has 0 amide bonds. The second-order valence-corrected chi connectivity index (χ2v) is 10.6. The van der Waals surface area contributed by atoms with Crippen LogP contribution in [0.15, 0.2) is 59.8 Å². The number of aromatic nitrogens is 2. The maximum atomic E-state index is 14.9. The van der Waals surface area contributed by atoms with Crippen LogP contribution in [0.1, 0.15) is 41.3 Å². The highest BCUT2D eigenvalue weighted by Gasteiger charge is 2.31. The molecule has 5 rings (SSSR count). The molecule has 0 saturated heterocycles. The number of benzene rings is 3. The van der Waals surface area contributed by atoms with Crippen molar-refractivity contribution < 1.29 is 27.4 Å². The monoisotopic (exact) mass is 588 g/mol. The normalized spacial score (nSPS) is 14.6. The van der Waals surface area contributed by atoms with Gasteiger partial charge in [-0.3, -0.25) is 4.57 Å². The van der Waals surface area contributed by atoms with E-state index >= 15 is 0 Å². The first kappa shape index (κ1) is 28.2. The van der Waals surface area contributed by atoms with E-state index in [4.69, 9.17) is 30.8 Å². The highest BCUT2D eigenvalue weighted by Crippen LogP contribution is 2.43. The Morgan fingerprint density at radius 3 is 2.38 bits per heavy atom. The van der Waals surface area contributed by atoms with Crippen molar-refractivity contribution in [2.45, 2.75) is 36.1 Å². The number of imidazole rings is 1. The number of hydrogen-bond acceptors (Lipinski definition) is 5. The molecule has 0 saturated carbocycles. The molecular weight excluding hydrogens is 561 g/mol. The smallest absolute Gasteiger partial charge is 0.173 e. The van der Waals surface area contributed by atoms with Crippen molar-refractivity contribution in [1.82, 2.24) is 9.55 Å². The average molecular weight is 589 g/mol. The van der Waals surface area contributed by atoms with Crippen molar-refractivity contribution >= 4 is 23.4 Å². The Balaban J connectivity index is 1.55. The molecule has 1 atom stereocenters. The lowest BCUT2D eigenvalue weighted by Crippen LogP contribution is -2.15. The minimum atomic E-state index is -0.704. The van der Waals surface area contributed by atoms with Crippen LogP contribution in [-0.4, -0.2) is 36.3 Å². The van der Waals surface area contributed by atoms with Gasteiger partial charge in [0.1, 0.15) is 29.8 Å². The van der Waals surface area contributed by atoms with Gasteiger partial charge in [-0.1, -0.05) is 17.8 Å². The van der Waals surface area contributed by atoms with E-state index in [1.165, 1.54) is 23.9 Å². The lowest BCUT2D eigenvalue weighted by atomic mass is 9.84. The first-order chi connectivity index (χ1) is 19.4.